The number of methoxy groups -OCH3 is 1. The summed E-state index contributed by atoms with van der Waals surface area (Å²) in [7, 11) is 1.52. The van der Waals surface area contributed by atoms with Gasteiger partial charge in [0.15, 0.2) is 17.3 Å². The number of carbonyl (C=O) groups excluding carboxylic acids is 1. The number of nitriles is 1. The van der Waals surface area contributed by atoms with E-state index in [2.05, 4.69) is 16.3 Å². The highest BCUT2D eigenvalue weighted by atomic mass is 16.6. The molecule has 3 aromatic carbocycles. The molecule has 7 nitrogen and oxygen atoms in total. The lowest BCUT2D eigenvalue weighted by molar-refractivity contribution is -0.135. The molecule has 0 atom stereocenters. The summed E-state index contributed by atoms with van der Waals surface area (Å²) in [4.78, 5) is 13.5. The monoisotopic (exact) mass is 504 g/mol. The molecular formula is C31H28N4O3. The zero-order valence-corrected chi connectivity index (χ0v) is 21.2. The molecule has 4 aromatic rings. The molecule has 1 aliphatic heterocycles. The average molecular weight is 505 g/mol. The summed E-state index contributed by atoms with van der Waals surface area (Å²) in [6.07, 6.45) is 5.88. The fraction of sp³-hybridized carbons (Fsp3) is 0.226. The van der Waals surface area contributed by atoms with Crippen molar-refractivity contribution in [1.82, 2.24) is 14.8 Å². The van der Waals surface area contributed by atoms with Gasteiger partial charge < -0.3 is 14.0 Å². The zero-order chi connectivity index (χ0) is 26.3. The number of rotatable bonds is 7. The van der Waals surface area contributed by atoms with Crippen molar-refractivity contribution < 1.29 is 14.3 Å². The lowest BCUT2D eigenvalue weighted by Crippen LogP contribution is -2.20. The van der Waals surface area contributed by atoms with Gasteiger partial charge in [-0.25, -0.2) is 0 Å². The van der Waals surface area contributed by atoms with Gasteiger partial charge in [0.05, 0.1) is 12.7 Å². The van der Waals surface area contributed by atoms with Crippen molar-refractivity contribution in [2.75, 3.05) is 7.11 Å². The van der Waals surface area contributed by atoms with Crippen molar-refractivity contribution in [3.05, 3.63) is 107 Å². The van der Waals surface area contributed by atoms with Gasteiger partial charge in [0.25, 0.3) is 0 Å². The Bertz CT molecular complexity index is 1450. The number of esters is 1. The maximum Gasteiger partial charge on any atom is 0.323 e. The highest BCUT2D eigenvalue weighted by Crippen LogP contribution is 2.33. The Labute approximate surface area is 222 Å². The third kappa shape index (κ3) is 5.35. The minimum atomic E-state index is -0.588. The van der Waals surface area contributed by atoms with Gasteiger partial charge in [-0.05, 0) is 47.7 Å². The van der Waals surface area contributed by atoms with Gasteiger partial charge in [-0.1, -0.05) is 73.2 Å². The summed E-state index contributed by atoms with van der Waals surface area (Å²) in [6.45, 7) is 0.804. The molecule has 0 unspecified atom stereocenters. The SMILES string of the molecule is COc1cc(C=C(C#N)c2nnc3n2CCCCC3)ccc1OC(=O)C(c1ccccc1)c1ccccc1. The molecule has 0 spiro atoms. The number of fused-ring (bicyclic) bond motifs is 1. The normalized spacial score (nSPS) is 13.3. The smallest absolute Gasteiger partial charge is 0.323 e. The zero-order valence-electron chi connectivity index (χ0n) is 21.2. The summed E-state index contributed by atoms with van der Waals surface area (Å²) >= 11 is 0. The minimum Gasteiger partial charge on any atom is -0.493 e. The number of benzene rings is 3. The van der Waals surface area contributed by atoms with Crippen molar-refractivity contribution in [3.8, 4) is 17.6 Å². The summed E-state index contributed by atoms with van der Waals surface area (Å²) in [6, 6.07) is 26.6. The van der Waals surface area contributed by atoms with E-state index in [1.165, 1.54) is 7.11 Å². The molecule has 2 heterocycles. The van der Waals surface area contributed by atoms with Crippen molar-refractivity contribution in [1.29, 1.82) is 5.26 Å². The van der Waals surface area contributed by atoms with Crippen LogP contribution >= 0.6 is 0 Å². The number of ether oxygens (including phenoxy) is 2. The van der Waals surface area contributed by atoms with Crippen LogP contribution in [0.15, 0.2) is 78.9 Å². The highest BCUT2D eigenvalue weighted by Gasteiger charge is 2.26. The summed E-state index contributed by atoms with van der Waals surface area (Å²) in [5.41, 5.74) is 2.83. The van der Waals surface area contributed by atoms with Gasteiger partial charge in [0.2, 0.25) is 0 Å². The van der Waals surface area contributed by atoms with E-state index in [9.17, 15) is 10.1 Å². The third-order valence-electron chi connectivity index (χ3n) is 6.68. The van der Waals surface area contributed by atoms with Gasteiger partial charge in [-0.15, -0.1) is 10.2 Å². The van der Waals surface area contributed by atoms with Gasteiger partial charge >= 0.3 is 5.97 Å². The highest BCUT2D eigenvalue weighted by molar-refractivity contribution is 5.88. The molecule has 7 heteroatoms. The van der Waals surface area contributed by atoms with Crippen LogP contribution in [0, 0.1) is 11.3 Å². The first-order chi connectivity index (χ1) is 18.7. The molecule has 5 rings (SSSR count). The number of nitrogens with zero attached hydrogens (tertiary/aromatic N) is 4. The van der Waals surface area contributed by atoms with E-state index < -0.39 is 11.9 Å². The van der Waals surface area contributed by atoms with E-state index in [4.69, 9.17) is 9.47 Å². The first kappa shape index (κ1) is 25.0. The number of carbonyl (C=O) groups is 1. The number of aromatic nitrogens is 3. The molecular weight excluding hydrogens is 476 g/mol. The van der Waals surface area contributed by atoms with Gasteiger partial charge in [0.1, 0.15) is 17.8 Å². The predicted molar refractivity (Wildman–Crippen MR) is 144 cm³/mol. The lowest BCUT2D eigenvalue weighted by atomic mass is 9.91. The molecule has 0 amide bonds. The first-order valence-corrected chi connectivity index (χ1v) is 12.7. The fourth-order valence-corrected chi connectivity index (χ4v) is 4.78. The molecule has 190 valence electrons. The Morgan fingerprint density at radius 3 is 2.32 bits per heavy atom. The molecule has 38 heavy (non-hydrogen) atoms. The van der Waals surface area contributed by atoms with E-state index in [0.29, 0.717) is 22.9 Å². The van der Waals surface area contributed by atoms with E-state index >= 15 is 0 Å². The van der Waals surface area contributed by atoms with Crippen LogP contribution in [0.1, 0.15) is 53.5 Å². The Kier molecular flexibility index (Phi) is 7.60. The standard InChI is InChI=1S/C31H28N4O3/c1-37-27-20-22(19-25(21-32)30-34-33-28-15-9-4-10-18-35(28)30)16-17-26(27)38-31(36)29(23-11-5-2-6-12-23)24-13-7-3-8-14-24/h2-3,5-8,11-14,16-17,19-20,29H,4,9-10,15,18H2,1H3. The molecule has 0 radical (unpaired) electrons. The van der Waals surface area contributed by atoms with Crippen LogP contribution in [0.25, 0.3) is 11.6 Å². The predicted octanol–water partition coefficient (Wildman–Crippen LogP) is 5.81. The molecule has 0 saturated heterocycles. The number of allylic oxidation sites excluding steroid dienone is 1. The van der Waals surface area contributed by atoms with Gasteiger partial charge in [-0.3, -0.25) is 4.79 Å². The molecule has 0 bridgehead atoms. The first-order valence-electron chi connectivity index (χ1n) is 12.7. The lowest BCUT2D eigenvalue weighted by Gasteiger charge is -2.18. The molecule has 0 fully saturated rings. The van der Waals surface area contributed by atoms with Crippen molar-refractivity contribution in [2.45, 2.75) is 38.1 Å². The second kappa shape index (κ2) is 11.6. The quantitative estimate of drug-likeness (QED) is 0.179. The summed E-state index contributed by atoms with van der Waals surface area (Å²) < 4.78 is 13.5. The summed E-state index contributed by atoms with van der Waals surface area (Å²) in [5, 5.41) is 18.5. The van der Waals surface area contributed by atoms with Crippen molar-refractivity contribution in [3.63, 3.8) is 0 Å². The molecule has 0 N–H and O–H groups in total. The van der Waals surface area contributed by atoms with E-state index in [-0.39, 0.29) is 0 Å². The topological polar surface area (TPSA) is 90.0 Å². The summed E-state index contributed by atoms with van der Waals surface area (Å²) in [5.74, 6) is 1.20. The number of hydrogen-bond acceptors (Lipinski definition) is 6. The van der Waals surface area contributed by atoms with Gasteiger partial charge in [0, 0.05) is 13.0 Å². The van der Waals surface area contributed by atoms with E-state index in [1.807, 2.05) is 65.2 Å². The average Bonchev–Trinajstić information content (AvgIpc) is 3.20. The van der Waals surface area contributed by atoms with Gasteiger partial charge in [-0.2, -0.15) is 5.26 Å². The Balaban J connectivity index is 1.43. The Morgan fingerprint density at radius 1 is 0.947 bits per heavy atom. The fourth-order valence-electron chi connectivity index (χ4n) is 4.78. The molecule has 0 aliphatic carbocycles. The van der Waals surface area contributed by atoms with E-state index in [1.54, 1.807) is 24.3 Å². The third-order valence-corrected chi connectivity index (χ3v) is 6.68. The largest absolute Gasteiger partial charge is 0.493 e. The minimum absolute atomic E-state index is 0.307. The number of aryl methyl sites for hydroxylation is 1. The van der Waals surface area contributed by atoms with Crippen LogP contribution in [-0.4, -0.2) is 27.8 Å². The van der Waals surface area contributed by atoms with Crippen LogP contribution in [-0.2, 0) is 17.8 Å². The molecule has 1 aromatic heterocycles. The second-order valence-corrected chi connectivity index (χ2v) is 9.16. The number of hydrogen-bond donors (Lipinski definition) is 0. The van der Waals surface area contributed by atoms with Crippen LogP contribution in [0.4, 0.5) is 0 Å². The molecule has 1 aliphatic rings. The van der Waals surface area contributed by atoms with Crippen molar-refractivity contribution >= 4 is 17.6 Å². The maximum absolute atomic E-state index is 13.5. The van der Waals surface area contributed by atoms with Crippen LogP contribution in [0.5, 0.6) is 11.5 Å². The van der Waals surface area contributed by atoms with Crippen LogP contribution in [0.3, 0.4) is 0 Å². The van der Waals surface area contributed by atoms with E-state index in [0.717, 1.165) is 54.7 Å². The van der Waals surface area contributed by atoms with Crippen molar-refractivity contribution in [2.24, 2.45) is 0 Å². The second-order valence-electron chi connectivity index (χ2n) is 9.16. The Morgan fingerprint density at radius 2 is 1.66 bits per heavy atom. The van der Waals surface area contributed by atoms with Crippen LogP contribution in [0.2, 0.25) is 0 Å². The van der Waals surface area contributed by atoms with Crippen LogP contribution < -0.4 is 9.47 Å². The Hall–Kier alpha value is -4.70. The molecule has 0 saturated carbocycles. The maximum atomic E-state index is 13.5.